The average Bonchev–Trinajstić information content (AvgIpc) is 2.91. The maximum Gasteiger partial charge on any atom is 0.412 e. The van der Waals surface area contributed by atoms with Crippen molar-refractivity contribution in [2.45, 2.75) is 0 Å². The largest absolute Gasteiger partial charge is 0.412 e. The molecule has 3 aromatic rings. The third kappa shape index (κ3) is 2.44. The van der Waals surface area contributed by atoms with E-state index in [0.717, 1.165) is 6.07 Å². The number of halogens is 3. The molecule has 2 N–H and O–H groups in total. The van der Waals surface area contributed by atoms with Gasteiger partial charge in [0.15, 0.2) is 17.4 Å². The van der Waals surface area contributed by atoms with Crippen LogP contribution in [0.15, 0.2) is 16.7 Å². The molecule has 0 fully saturated rings. The highest BCUT2D eigenvalue weighted by atomic mass is 79.9. The number of nitrogens with one attached hydrogen (secondary N) is 2. The minimum Gasteiger partial charge on any atom is -0.408 e. The van der Waals surface area contributed by atoms with Gasteiger partial charge in [-0.15, -0.1) is 0 Å². The minimum absolute atomic E-state index is 0.0265. The summed E-state index contributed by atoms with van der Waals surface area (Å²) in [5.41, 5.74) is 1.13. The van der Waals surface area contributed by atoms with E-state index in [1.807, 2.05) is 0 Å². The third-order valence-corrected chi connectivity index (χ3v) is 4.12. The minimum atomic E-state index is -1.12. The zero-order valence-electron chi connectivity index (χ0n) is 13.0. The lowest BCUT2D eigenvalue weighted by Crippen LogP contribution is -2.22. The summed E-state index contributed by atoms with van der Waals surface area (Å²) < 4.78 is 34.2. The number of carbonyl (C=O) groups excluding carboxylic acids is 1. The molecule has 0 aliphatic heterocycles. The van der Waals surface area contributed by atoms with Crippen LogP contribution < -0.4 is 15.0 Å². The Hall–Kier alpha value is -2.42. The molecule has 126 valence electrons. The monoisotopic (exact) mass is 398 g/mol. The SMILES string of the molecule is CNC(=O)Oc1cc(F)c(F)c2c1[nH]c1ncc(Br)c(N(C)C)c12. The van der Waals surface area contributed by atoms with Gasteiger partial charge in [0.25, 0.3) is 0 Å². The van der Waals surface area contributed by atoms with Crippen molar-refractivity contribution in [2.24, 2.45) is 0 Å². The normalized spacial score (nSPS) is 11.1. The lowest BCUT2D eigenvalue weighted by Gasteiger charge is -2.16. The van der Waals surface area contributed by atoms with E-state index in [-0.39, 0.29) is 16.7 Å². The molecule has 3 rings (SSSR count). The summed E-state index contributed by atoms with van der Waals surface area (Å²) in [5, 5.41) is 2.63. The van der Waals surface area contributed by atoms with Crippen LogP contribution in [0.3, 0.4) is 0 Å². The predicted octanol–water partition coefficient (Wildman–Crippen LogP) is 3.54. The second kappa shape index (κ2) is 5.90. The number of fused-ring (bicyclic) bond motifs is 3. The number of aromatic nitrogens is 2. The molecule has 0 spiro atoms. The second-order valence-electron chi connectivity index (χ2n) is 5.26. The second-order valence-corrected chi connectivity index (χ2v) is 6.11. The quantitative estimate of drug-likeness (QED) is 0.692. The van der Waals surface area contributed by atoms with Gasteiger partial charge in [0.05, 0.1) is 26.4 Å². The topological polar surface area (TPSA) is 70.2 Å². The van der Waals surface area contributed by atoms with Gasteiger partial charge in [-0.1, -0.05) is 0 Å². The summed E-state index contributed by atoms with van der Waals surface area (Å²) in [6.45, 7) is 0. The summed E-state index contributed by atoms with van der Waals surface area (Å²) in [6, 6.07) is 0.826. The molecule has 0 saturated heterocycles. The molecule has 6 nitrogen and oxygen atoms in total. The van der Waals surface area contributed by atoms with Gasteiger partial charge in [0.1, 0.15) is 5.65 Å². The van der Waals surface area contributed by atoms with Gasteiger partial charge in [-0.05, 0) is 15.9 Å². The van der Waals surface area contributed by atoms with Crippen molar-refractivity contribution in [3.63, 3.8) is 0 Å². The molecule has 0 unspecified atom stereocenters. The first-order valence-electron chi connectivity index (χ1n) is 6.90. The lowest BCUT2D eigenvalue weighted by molar-refractivity contribution is 0.203. The first kappa shape index (κ1) is 16.4. The van der Waals surface area contributed by atoms with E-state index < -0.39 is 17.7 Å². The van der Waals surface area contributed by atoms with Crippen LogP contribution in [0.5, 0.6) is 5.75 Å². The van der Waals surface area contributed by atoms with Gasteiger partial charge < -0.3 is 19.9 Å². The number of anilines is 1. The Balaban J connectivity index is 2.46. The number of benzene rings is 1. The standard InChI is InChI=1S/C15H13BrF2N4O2/c1-19-15(23)24-8-4-7(17)11(18)9-10-13(22(2)3)6(16)5-20-14(10)21-12(8)9/h4-5H,1-3H3,(H,19,23)(H,20,21). The number of rotatable bonds is 2. The van der Waals surface area contributed by atoms with Crippen molar-refractivity contribution in [2.75, 3.05) is 26.0 Å². The molecule has 1 aromatic carbocycles. The zero-order valence-corrected chi connectivity index (χ0v) is 14.6. The van der Waals surface area contributed by atoms with Crippen molar-refractivity contribution in [1.82, 2.24) is 15.3 Å². The molecule has 0 radical (unpaired) electrons. The Morgan fingerprint density at radius 1 is 1.38 bits per heavy atom. The van der Waals surface area contributed by atoms with Crippen LogP contribution in [0.2, 0.25) is 0 Å². The van der Waals surface area contributed by atoms with Gasteiger partial charge in [0.2, 0.25) is 0 Å². The Bertz CT molecular complexity index is 971. The van der Waals surface area contributed by atoms with E-state index in [9.17, 15) is 13.6 Å². The summed E-state index contributed by atoms with van der Waals surface area (Å²) >= 11 is 3.37. The fourth-order valence-corrected chi connectivity index (χ4v) is 3.21. The summed E-state index contributed by atoms with van der Waals surface area (Å²) in [5.74, 6) is -2.28. The highest BCUT2D eigenvalue weighted by Crippen LogP contribution is 2.41. The molecule has 0 saturated carbocycles. The Morgan fingerprint density at radius 3 is 2.71 bits per heavy atom. The highest BCUT2D eigenvalue weighted by molar-refractivity contribution is 9.10. The Labute approximate surface area is 143 Å². The number of hydrogen-bond donors (Lipinski definition) is 2. The number of pyridine rings is 1. The van der Waals surface area contributed by atoms with Crippen molar-refractivity contribution >= 4 is 49.6 Å². The van der Waals surface area contributed by atoms with Crippen molar-refractivity contribution in [3.8, 4) is 5.75 Å². The third-order valence-electron chi connectivity index (χ3n) is 3.54. The molecular formula is C15H13BrF2N4O2. The maximum absolute atomic E-state index is 14.5. The Kier molecular flexibility index (Phi) is 4.04. The van der Waals surface area contributed by atoms with Crippen LogP contribution in [0.4, 0.5) is 19.3 Å². The van der Waals surface area contributed by atoms with Gasteiger partial charge in [-0.25, -0.2) is 18.6 Å². The molecule has 2 aromatic heterocycles. The van der Waals surface area contributed by atoms with Crippen LogP contribution in [0, 0.1) is 11.6 Å². The molecule has 0 aliphatic rings. The van der Waals surface area contributed by atoms with E-state index in [2.05, 4.69) is 31.2 Å². The summed E-state index contributed by atoms with van der Waals surface area (Å²) in [6.07, 6.45) is 0.767. The van der Waals surface area contributed by atoms with Crippen molar-refractivity contribution in [1.29, 1.82) is 0 Å². The van der Waals surface area contributed by atoms with Crippen LogP contribution in [0.25, 0.3) is 21.9 Å². The zero-order chi connectivity index (χ0) is 17.6. The van der Waals surface area contributed by atoms with Crippen molar-refractivity contribution in [3.05, 3.63) is 28.4 Å². The number of H-pyrrole nitrogens is 1. The Morgan fingerprint density at radius 2 is 2.08 bits per heavy atom. The number of amides is 1. The van der Waals surface area contributed by atoms with Gasteiger partial charge in [-0.3, -0.25) is 0 Å². The molecule has 24 heavy (non-hydrogen) atoms. The van der Waals surface area contributed by atoms with E-state index >= 15 is 0 Å². The summed E-state index contributed by atoms with van der Waals surface area (Å²) in [4.78, 5) is 20.3. The highest BCUT2D eigenvalue weighted by Gasteiger charge is 2.23. The summed E-state index contributed by atoms with van der Waals surface area (Å²) in [7, 11) is 4.92. The molecule has 1 amide bonds. The van der Waals surface area contributed by atoms with Crippen LogP contribution >= 0.6 is 15.9 Å². The molecule has 0 bridgehead atoms. The number of ether oxygens (including phenoxy) is 1. The lowest BCUT2D eigenvalue weighted by atomic mass is 10.1. The molecule has 9 heteroatoms. The number of aromatic amines is 1. The van der Waals surface area contributed by atoms with Crippen LogP contribution in [-0.4, -0.2) is 37.2 Å². The number of hydrogen-bond acceptors (Lipinski definition) is 4. The van der Waals surface area contributed by atoms with E-state index in [1.54, 1.807) is 25.2 Å². The van der Waals surface area contributed by atoms with Crippen LogP contribution in [-0.2, 0) is 0 Å². The maximum atomic E-state index is 14.5. The molecule has 2 heterocycles. The average molecular weight is 399 g/mol. The molecule has 0 atom stereocenters. The number of carbonyl (C=O) groups is 1. The van der Waals surface area contributed by atoms with E-state index in [0.29, 0.717) is 21.2 Å². The molecule has 0 aliphatic carbocycles. The van der Waals surface area contributed by atoms with E-state index in [4.69, 9.17) is 4.74 Å². The van der Waals surface area contributed by atoms with Crippen LogP contribution in [0.1, 0.15) is 0 Å². The first-order chi connectivity index (χ1) is 11.3. The molecular weight excluding hydrogens is 386 g/mol. The number of nitrogens with zero attached hydrogens (tertiary/aromatic N) is 2. The van der Waals surface area contributed by atoms with Gasteiger partial charge in [0, 0.05) is 33.4 Å². The smallest absolute Gasteiger partial charge is 0.408 e. The predicted molar refractivity (Wildman–Crippen MR) is 90.6 cm³/mol. The first-order valence-corrected chi connectivity index (χ1v) is 7.69. The fourth-order valence-electron chi connectivity index (χ4n) is 2.56. The van der Waals surface area contributed by atoms with Crippen molar-refractivity contribution < 1.29 is 18.3 Å². The van der Waals surface area contributed by atoms with E-state index in [1.165, 1.54) is 7.05 Å². The fraction of sp³-hybridized carbons (Fsp3) is 0.200. The van der Waals surface area contributed by atoms with Gasteiger partial charge >= 0.3 is 6.09 Å². The van der Waals surface area contributed by atoms with Gasteiger partial charge in [-0.2, -0.15) is 0 Å².